The highest BCUT2D eigenvalue weighted by Crippen LogP contribution is 2.29. The molecule has 6 heteroatoms. The zero-order valence-corrected chi connectivity index (χ0v) is 10.0. The number of imide groups is 1. The van der Waals surface area contributed by atoms with E-state index in [4.69, 9.17) is 6.42 Å². The van der Waals surface area contributed by atoms with Gasteiger partial charge in [-0.3, -0.25) is 9.69 Å². The lowest BCUT2D eigenvalue weighted by atomic mass is 9.92. The Labute approximate surface area is 108 Å². The Morgan fingerprint density at radius 1 is 1.32 bits per heavy atom. The third-order valence-electron chi connectivity index (χ3n) is 2.96. The molecule has 0 bridgehead atoms. The summed E-state index contributed by atoms with van der Waals surface area (Å²) >= 11 is 0. The fraction of sp³-hybridized carbons (Fsp3) is 0.231. The van der Waals surface area contributed by atoms with Crippen molar-refractivity contribution in [3.8, 4) is 12.3 Å². The van der Waals surface area contributed by atoms with Crippen molar-refractivity contribution >= 4 is 11.9 Å². The standard InChI is InChI=1S/C13H10F2N2O2/c1-3-4-17-11(18)13(2,16-12(17)19)8-5-9(14)7-10(15)6-8/h1,5-7H,4H2,2H3,(H,16,19)/t13-/m1/s1. The number of terminal acetylenes is 1. The minimum Gasteiger partial charge on any atom is -0.319 e. The quantitative estimate of drug-likeness (QED) is 0.647. The Kier molecular flexibility index (Phi) is 2.98. The van der Waals surface area contributed by atoms with Crippen molar-refractivity contribution in [1.82, 2.24) is 10.2 Å². The van der Waals surface area contributed by atoms with Gasteiger partial charge in [0, 0.05) is 6.07 Å². The molecule has 98 valence electrons. The number of hydrogen-bond donors (Lipinski definition) is 1. The molecule has 1 aromatic carbocycles. The van der Waals surface area contributed by atoms with E-state index < -0.39 is 29.1 Å². The molecule has 1 saturated heterocycles. The zero-order valence-electron chi connectivity index (χ0n) is 10.0. The van der Waals surface area contributed by atoms with Crippen LogP contribution in [0.3, 0.4) is 0 Å². The second kappa shape index (κ2) is 4.35. The molecule has 1 atom stereocenters. The molecule has 1 aliphatic rings. The second-order valence-electron chi connectivity index (χ2n) is 4.31. The van der Waals surface area contributed by atoms with Crippen LogP contribution in [0.2, 0.25) is 0 Å². The summed E-state index contributed by atoms with van der Waals surface area (Å²) in [5.74, 6) is -0.110. The third kappa shape index (κ3) is 2.03. The molecule has 4 nitrogen and oxygen atoms in total. The highest BCUT2D eigenvalue weighted by molar-refractivity contribution is 6.07. The van der Waals surface area contributed by atoms with Crippen molar-refractivity contribution in [2.75, 3.05) is 6.54 Å². The van der Waals surface area contributed by atoms with Crippen LogP contribution < -0.4 is 5.32 Å². The molecule has 19 heavy (non-hydrogen) atoms. The minimum absolute atomic E-state index is 0.0304. The van der Waals surface area contributed by atoms with Crippen LogP contribution in [-0.2, 0) is 10.3 Å². The molecular weight excluding hydrogens is 254 g/mol. The number of nitrogens with zero attached hydrogens (tertiary/aromatic N) is 1. The van der Waals surface area contributed by atoms with E-state index in [2.05, 4.69) is 11.2 Å². The molecule has 0 spiro atoms. The van der Waals surface area contributed by atoms with Gasteiger partial charge in [-0.25, -0.2) is 13.6 Å². The summed E-state index contributed by atoms with van der Waals surface area (Å²) in [5, 5.41) is 2.39. The van der Waals surface area contributed by atoms with Crippen LogP contribution in [0, 0.1) is 24.0 Å². The third-order valence-corrected chi connectivity index (χ3v) is 2.96. The van der Waals surface area contributed by atoms with Crippen molar-refractivity contribution < 1.29 is 18.4 Å². The van der Waals surface area contributed by atoms with Gasteiger partial charge in [0.25, 0.3) is 5.91 Å². The van der Waals surface area contributed by atoms with Gasteiger partial charge in [-0.15, -0.1) is 6.42 Å². The van der Waals surface area contributed by atoms with Crippen LogP contribution in [0.15, 0.2) is 18.2 Å². The number of carbonyl (C=O) groups is 2. The Morgan fingerprint density at radius 2 is 1.89 bits per heavy atom. The molecule has 3 amide bonds. The molecule has 0 aliphatic carbocycles. The summed E-state index contributed by atoms with van der Waals surface area (Å²) in [6.45, 7) is 1.18. The van der Waals surface area contributed by atoms with Crippen molar-refractivity contribution in [2.45, 2.75) is 12.5 Å². The van der Waals surface area contributed by atoms with Gasteiger partial charge in [0.05, 0.1) is 6.54 Å². The van der Waals surface area contributed by atoms with E-state index >= 15 is 0 Å². The smallest absolute Gasteiger partial charge is 0.319 e. The summed E-state index contributed by atoms with van der Waals surface area (Å²) in [6, 6.07) is 2.00. The summed E-state index contributed by atoms with van der Waals surface area (Å²) < 4.78 is 26.4. The predicted octanol–water partition coefficient (Wildman–Crippen LogP) is 1.37. The van der Waals surface area contributed by atoms with Gasteiger partial charge in [0.1, 0.15) is 17.2 Å². The normalized spacial score (nSPS) is 22.3. The second-order valence-corrected chi connectivity index (χ2v) is 4.31. The summed E-state index contributed by atoms with van der Waals surface area (Å²) in [4.78, 5) is 24.6. The van der Waals surface area contributed by atoms with Crippen LogP contribution in [0.25, 0.3) is 0 Å². The van der Waals surface area contributed by atoms with Gasteiger partial charge in [0.15, 0.2) is 0 Å². The largest absolute Gasteiger partial charge is 0.326 e. The average Bonchev–Trinajstić information content (AvgIpc) is 2.53. The molecule has 0 unspecified atom stereocenters. The first kappa shape index (κ1) is 13.0. The highest BCUT2D eigenvalue weighted by atomic mass is 19.1. The molecule has 0 aromatic heterocycles. The Bertz CT molecular complexity index is 589. The SMILES string of the molecule is C#CCN1C(=O)N[C@](C)(c2cc(F)cc(F)c2)C1=O. The molecule has 0 saturated carbocycles. The maximum Gasteiger partial charge on any atom is 0.326 e. The van der Waals surface area contributed by atoms with Gasteiger partial charge >= 0.3 is 6.03 Å². The van der Waals surface area contributed by atoms with E-state index in [-0.39, 0.29) is 12.1 Å². The Hall–Kier alpha value is -2.42. The van der Waals surface area contributed by atoms with Gasteiger partial charge in [-0.2, -0.15) is 0 Å². The number of carbonyl (C=O) groups excluding carboxylic acids is 2. The van der Waals surface area contributed by atoms with Gasteiger partial charge in [-0.1, -0.05) is 5.92 Å². The first-order valence-corrected chi connectivity index (χ1v) is 5.42. The molecule has 2 rings (SSSR count). The number of rotatable bonds is 2. The molecule has 1 heterocycles. The number of nitrogens with one attached hydrogen (secondary N) is 1. The summed E-state index contributed by atoms with van der Waals surface area (Å²) in [7, 11) is 0. The van der Waals surface area contributed by atoms with Crippen LogP contribution in [-0.4, -0.2) is 23.4 Å². The molecule has 1 aliphatic heterocycles. The lowest BCUT2D eigenvalue weighted by Crippen LogP contribution is -2.41. The van der Waals surface area contributed by atoms with Gasteiger partial charge in [0.2, 0.25) is 0 Å². The Balaban J connectivity index is 2.47. The van der Waals surface area contributed by atoms with Gasteiger partial charge in [-0.05, 0) is 24.6 Å². The Morgan fingerprint density at radius 3 is 2.42 bits per heavy atom. The van der Waals surface area contributed by atoms with Crippen LogP contribution in [0.5, 0.6) is 0 Å². The summed E-state index contributed by atoms with van der Waals surface area (Å²) in [6.07, 6.45) is 5.06. The van der Waals surface area contributed by atoms with E-state index in [1.165, 1.54) is 6.92 Å². The van der Waals surface area contributed by atoms with Crippen LogP contribution in [0.1, 0.15) is 12.5 Å². The number of hydrogen-bond acceptors (Lipinski definition) is 2. The molecule has 1 aromatic rings. The van der Waals surface area contributed by atoms with E-state index in [1.54, 1.807) is 0 Å². The van der Waals surface area contributed by atoms with E-state index in [0.717, 1.165) is 17.0 Å². The lowest BCUT2D eigenvalue weighted by molar-refractivity contribution is -0.130. The fourth-order valence-electron chi connectivity index (χ4n) is 1.97. The van der Waals surface area contributed by atoms with E-state index in [0.29, 0.717) is 6.07 Å². The monoisotopic (exact) mass is 264 g/mol. The first-order chi connectivity index (χ1) is 8.88. The van der Waals surface area contributed by atoms with Crippen molar-refractivity contribution in [2.24, 2.45) is 0 Å². The maximum absolute atomic E-state index is 13.2. The number of urea groups is 1. The minimum atomic E-state index is -1.52. The number of benzene rings is 1. The fourth-order valence-corrected chi connectivity index (χ4v) is 1.97. The molecule has 1 N–H and O–H groups in total. The molecule has 0 radical (unpaired) electrons. The van der Waals surface area contributed by atoms with Crippen LogP contribution in [0.4, 0.5) is 13.6 Å². The number of amides is 3. The molecule has 1 fully saturated rings. The molecular formula is C13H10F2N2O2. The topological polar surface area (TPSA) is 49.4 Å². The van der Waals surface area contributed by atoms with Crippen LogP contribution >= 0.6 is 0 Å². The zero-order chi connectivity index (χ0) is 14.2. The van der Waals surface area contributed by atoms with E-state index in [9.17, 15) is 18.4 Å². The van der Waals surface area contributed by atoms with Gasteiger partial charge < -0.3 is 5.32 Å². The van der Waals surface area contributed by atoms with E-state index in [1.807, 2.05) is 0 Å². The first-order valence-electron chi connectivity index (χ1n) is 5.42. The highest BCUT2D eigenvalue weighted by Gasteiger charge is 2.49. The predicted molar refractivity (Wildman–Crippen MR) is 62.8 cm³/mol. The average molecular weight is 264 g/mol. The number of halogens is 2. The lowest BCUT2D eigenvalue weighted by Gasteiger charge is -2.22. The van der Waals surface area contributed by atoms with Crippen molar-refractivity contribution in [3.05, 3.63) is 35.4 Å². The van der Waals surface area contributed by atoms with Crippen molar-refractivity contribution in [1.29, 1.82) is 0 Å². The van der Waals surface area contributed by atoms with Crippen molar-refractivity contribution in [3.63, 3.8) is 0 Å². The summed E-state index contributed by atoms with van der Waals surface area (Å²) in [5.41, 5.74) is -1.49. The maximum atomic E-state index is 13.2.